The SMILES string of the molecule is CC1=CC(=O)C[C@@H]2[C@@H](OC(=O)OC(C)(C)C)[C@H](O[Si](C)(C)C(C)(C)C)CN12. The maximum absolute atomic E-state index is 12.4. The van der Waals surface area contributed by atoms with Crippen molar-refractivity contribution in [3.63, 3.8) is 0 Å². The number of hydrogen-bond donors (Lipinski definition) is 0. The topological polar surface area (TPSA) is 65.1 Å². The monoisotopic (exact) mass is 397 g/mol. The van der Waals surface area contributed by atoms with Gasteiger partial charge in [-0.1, -0.05) is 20.8 Å². The summed E-state index contributed by atoms with van der Waals surface area (Å²) in [6, 6.07) is -0.204. The van der Waals surface area contributed by atoms with Crippen molar-refractivity contribution in [2.75, 3.05) is 6.54 Å². The summed E-state index contributed by atoms with van der Waals surface area (Å²) in [7, 11) is -2.08. The van der Waals surface area contributed by atoms with Crippen LogP contribution in [0.1, 0.15) is 54.9 Å². The van der Waals surface area contributed by atoms with Gasteiger partial charge in [0.15, 0.2) is 20.2 Å². The fraction of sp³-hybridized carbons (Fsp3) is 0.800. The number of ketones is 1. The van der Waals surface area contributed by atoms with Crippen LogP contribution in [-0.2, 0) is 18.7 Å². The molecule has 27 heavy (non-hydrogen) atoms. The van der Waals surface area contributed by atoms with Gasteiger partial charge in [-0.2, -0.15) is 0 Å². The van der Waals surface area contributed by atoms with Crippen LogP contribution in [0.2, 0.25) is 18.1 Å². The highest BCUT2D eigenvalue weighted by atomic mass is 28.4. The molecule has 2 rings (SSSR count). The minimum absolute atomic E-state index is 0.0350. The van der Waals surface area contributed by atoms with Crippen LogP contribution in [0.25, 0.3) is 0 Å². The van der Waals surface area contributed by atoms with Gasteiger partial charge in [0.1, 0.15) is 11.7 Å². The Morgan fingerprint density at radius 2 is 1.78 bits per heavy atom. The first kappa shape index (κ1) is 22.0. The zero-order valence-electron chi connectivity index (χ0n) is 18.2. The third kappa shape index (κ3) is 5.13. The molecule has 2 heterocycles. The van der Waals surface area contributed by atoms with Crippen molar-refractivity contribution in [2.45, 2.75) is 96.9 Å². The standard InChI is InChI=1S/C20H35NO5Si/c1-13-10-14(22)11-15-17(24-18(23)25-19(2,3)4)16(12-21(13)15)26-27(8,9)20(5,6)7/h10,15-17H,11-12H2,1-9H3/t15-,16-,17-/m1/s1. The van der Waals surface area contributed by atoms with E-state index in [0.717, 1.165) is 5.70 Å². The second-order valence-electron chi connectivity index (χ2n) is 10.1. The van der Waals surface area contributed by atoms with Gasteiger partial charge in [-0.3, -0.25) is 4.79 Å². The lowest BCUT2D eigenvalue weighted by Crippen LogP contribution is -2.49. The van der Waals surface area contributed by atoms with Crippen molar-refractivity contribution >= 4 is 20.3 Å². The lowest BCUT2D eigenvalue weighted by molar-refractivity contribution is -0.117. The molecule has 0 N–H and O–H groups in total. The lowest BCUT2D eigenvalue weighted by Gasteiger charge is -2.39. The van der Waals surface area contributed by atoms with Crippen LogP contribution in [0.15, 0.2) is 11.8 Å². The molecule has 7 heteroatoms. The van der Waals surface area contributed by atoms with Gasteiger partial charge in [0, 0.05) is 24.7 Å². The van der Waals surface area contributed by atoms with Crippen molar-refractivity contribution < 1.29 is 23.5 Å². The minimum Gasteiger partial charge on any atom is -0.429 e. The quantitative estimate of drug-likeness (QED) is 0.524. The summed E-state index contributed by atoms with van der Waals surface area (Å²) in [5.41, 5.74) is 0.263. The molecule has 1 fully saturated rings. The van der Waals surface area contributed by atoms with Gasteiger partial charge in [0.25, 0.3) is 0 Å². The van der Waals surface area contributed by atoms with Crippen molar-refractivity contribution in [3.05, 3.63) is 11.8 Å². The zero-order chi connectivity index (χ0) is 20.8. The molecule has 0 aromatic rings. The first-order valence-electron chi connectivity index (χ1n) is 9.66. The molecule has 0 saturated carbocycles. The lowest BCUT2D eigenvalue weighted by atomic mass is 10.0. The summed E-state index contributed by atoms with van der Waals surface area (Å²) in [5.74, 6) is 0.0551. The molecule has 0 aromatic carbocycles. The Morgan fingerprint density at radius 3 is 2.30 bits per heavy atom. The summed E-state index contributed by atoms with van der Waals surface area (Å²) in [6.07, 6.45) is 0.467. The predicted octanol–water partition coefficient (Wildman–Crippen LogP) is 4.26. The van der Waals surface area contributed by atoms with Crippen molar-refractivity contribution in [1.29, 1.82) is 0 Å². The fourth-order valence-corrected chi connectivity index (χ4v) is 4.59. The molecule has 2 aliphatic rings. The molecule has 0 bridgehead atoms. The number of rotatable bonds is 3. The second-order valence-corrected chi connectivity index (χ2v) is 14.9. The third-order valence-electron chi connectivity index (χ3n) is 5.63. The van der Waals surface area contributed by atoms with Crippen LogP contribution in [0.5, 0.6) is 0 Å². The molecule has 0 radical (unpaired) electrons. The summed E-state index contributed by atoms with van der Waals surface area (Å²) in [6.45, 7) is 18.8. The Hall–Kier alpha value is -1.34. The normalized spacial score (nSPS) is 26.6. The first-order valence-corrected chi connectivity index (χ1v) is 12.6. The average molecular weight is 398 g/mol. The zero-order valence-corrected chi connectivity index (χ0v) is 19.2. The van der Waals surface area contributed by atoms with E-state index in [4.69, 9.17) is 13.9 Å². The molecular formula is C20H35NO5Si. The van der Waals surface area contributed by atoms with Crippen molar-refractivity contribution in [3.8, 4) is 0 Å². The number of carbonyl (C=O) groups is 2. The molecular weight excluding hydrogens is 362 g/mol. The minimum atomic E-state index is -2.08. The molecule has 154 valence electrons. The van der Waals surface area contributed by atoms with E-state index >= 15 is 0 Å². The number of hydrogen-bond acceptors (Lipinski definition) is 6. The van der Waals surface area contributed by atoms with Crippen LogP contribution in [0.4, 0.5) is 4.79 Å². The summed E-state index contributed by atoms with van der Waals surface area (Å²) in [4.78, 5) is 26.6. The Morgan fingerprint density at radius 1 is 1.19 bits per heavy atom. The average Bonchev–Trinajstić information content (AvgIpc) is 2.73. The van der Waals surface area contributed by atoms with Gasteiger partial charge < -0.3 is 18.8 Å². The van der Waals surface area contributed by atoms with E-state index in [9.17, 15) is 9.59 Å². The van der Waals surface area contributed by atoms with Crippen molar-refractivity contribution in [2.24, 2.45) is 0 Å². The number of fused-ring (bicyclic) bond motifs is 1. The van der Waals surface area contributed by atoms with Gasteiger partial charge in [-0.05, 0) is 45.8 Å². The van der Waals surface area contributed by atoms with Crippen LogP contribution >= 0.6 is 0 Å². The number of carbonyl (C=O) groups excluding carboxylic acids is 2. The summed E-state index contributed by atoms with van der Waals surface area (Å²) in [5, 5.41) is 0.0350. The molecule has 0 amide bonds. The molecule has 0 unspecified atom stereocenters. The predicted molar refractivity (Wildman–Crippen MR) is 107 cm³/mol. The molecule has 1 saturated heterocycles. The van der Waals surface area contributed by atoms with Crippen LogP contribution < -0.4 is 0 Å². The highest BCUT2D eigenvalue weighted by Gasteiger charge is 2.51. The van der Waals surface area contributed by atoms with E-state index in [-0.39, 0.29) is 23.0 Å². The fourth-order valence-electron chi connectivity index (χ4n) is 3.27. The molecule has 0 spiro atoms. The molecule has 6 nitrogen and oxygen atoms in total. The van der Waals surface area contributed by atoms with Crippen LogP contribution in [-0.4, -0.2) is 55.6 Å². The van der Waals surface area contributed by atoms with Gasteiger partial charge in [0.05, 0.1) is 6.04 Å². The Labute approximate surface area is 164 Å². The van der Waals surface area contributed by atoms with E-state index in [1.807, 2.05) is 6.92 Å². The Bertz CT molecular complexity index is 629. The van der Waals surface area contributed by atoms with Gasteiger partial charge in [0.2, 0.25) is 0 Å². The molecule has 2 aliphatic heterocycles. The molecule has 0 aromatic heterocycles. The van der Waals surface area contributed by atoms with Gasteiger partial charge in [-0.15, -0.1) is 0 Å². The van der Waals surface area contributed by atoms with Crippen LogP contribution in [0.3, 0.4) is 0 Å². The van der Waals surface area contributed by atoms with E-state index < -0.39 is 26.2 Å². The third-order valence-corrected chi connectivity index (χ3v) is 10.1. The summed E-state index contributed by atoms with van der Waals surface area (Å²) < 4.78 is 17.7. The number of nitrogens with zero attached hydrogens (tertiary/aromatic N) is 1. The molecule has 3 atom stereocenters. The maximum Gasteiger partial charge on any atom is 0.509 e. The van der Waals surface area contributed by atoms with Crippen LogP contribution in [0, 0.1) is 0 Å². The second kappa shape index (κ2) is 7.24. The smallest absolute Gasteiger partial charge is 0.429 e. The highest BCUT2D eigenvalue weighted by molar-refractivity contribution is 6.74. The van der Waals surface area contributed by atoms with E-state index in [1.54, 1.807) is 26.8 Å². The van der Waals surface area contributed by atoms with E-state index in [0.29, 0.717) is 13.0 Å². The molecule has 0 aliphatic carbocycles. The number of ether oxygens (including phenoxy) is 2. The van der Waals surface area contributed by atoms with Gasteiger partial charge in [-0.25, -0.2) is 4.79 Å². The van der Waals surface area contributed by atoms with Crippen molar-refractivity contribution in [1.82, 2.24) is 4.90 Å². The van der Waals surface area contributed by atoms with Gasteiger partial charge >= 0.3 is 6.16 Å². The number of allylic oxidation sites excluding steroid dienone is 2. The Kier molecular flexibility index (Phi) is 5.89. The largest absolute Gasteiger partial charge is 0.509 e. The maximum atomic E-state index is 12.4. The highest BCUT2D eigenvalue weighted by Crippen LogP contribution is 2.41. The van der Waals surface area contributed by atoms with E-state index in [1.165, 1.54) is 0 Å². The Balaban J connectivity index is 2.26. The first-order chi connectivity index (χ1) is 12.1. The van der Waals surface area contributed by atoms with E-state index in [2.05, 4.69) is 38.8 Å². The summed E-state index contributed by atoms with van der Waals surface area (Å²) >= 11 is 0.